The Morgan fingerprint density at radius 1 is 1.40 bits per heavy atom. The molecular weight excluding hydrogens is 339 g/mol. The molecule has 2 amide bonds. The molecule has 1 aliphatic heterocycles. The van der Waals surface area contributed by atoms with Crippen molar-refractivity contribution in [3.8, 4) is 0 Å². The van der Waals surface area contributed by atoms with Crippen LogP contribution in [0.2, 0.25) is 0 Å². The Balaban J connectivity index is 1.71. The van der Waals surface area contributed by atoms with Gasteiger partial charge < -0.3 is 5.32 Å². The Kier molecular flexibility index (Phi) is 4.19. The van der Waals surface area contributed by atoms with E-state index in [4.69, 9.17) is 0 Å². The number of aryl methyl sites for hydroxylation is 1. The molecule has 1 aliphatic rings. The number of nitrogens with zero attached hydrogens (tertiary/aromatic N) is 3. The Morgan fingerprint density at radius 3 is 2.84 bits per heavy atom. The fourth-order valence-corrected chi connectivity index (χ4v) is 2.60. The third-order valence-corrected chi connectivity index (χ3v) is 3.72. The van der Waals surface area contributed by atoms with Gasteiger partial charge in [-0.15, -0.1) is 0 Å². The van der Waals surface area contributed by atoms with Crippen LogP contribution in [0.3, 0.4) is 0 Å². The number of rotatable bonds is 3. The summed E-state index contributed by atoms with van der Waals surface area (Å²) in [6, 6.07) is 4.68. The fourth-order valence-electron chi connectivity index (χ4n) is 2.60. The largest absolute Gasteiger partial charge is 0.418 e. The van der Waals surface area contributed by atoms with Crippen molar-refractivity contribution in [3.05, 3.63) is 35.7 Å². The van der Waals surface area contributed by atoms with Crippen LogP contribution in [0, 0.1) is 12.8 Å². The minimum Gasteiger partial charge on any atom is -0.325 e. The normalized spacial score (nSPS) is 17.0. The lowest BCUT2D eigenvalue weighted by atomic mass is 10.0. The first-order valence-electron chi connectivity index (χ1n) is 7.42. The maximum absolute atomic E-state index is 13.0. The van der Waals surface area contributed by atoms with Crippen LogP contribution in [-0.2, 0) is 22.3 Å². The topological polar surface area (TPSA) is 88.9 Å². The standard InChI is InChI=1S/C15H14F3N5O2/c1-8-19-14-21-13(25)9(7-23(14)22-8)6-12(24)20-11-5-3-2-4-10(11)15(16,17)18/h2-5,9H,6-7H2,1H3,(H,20,24)(H,19,21,22,25)/t9-/m1/s1. The number of fused-ring (bicyclic) bond motifs is 1. The number of hydrogen-bond donors (Lipinski definition) is 2. The van der Waals surface area contributed by atoms with Gasteiger partial charge in [0.25, 0.3) is 0 Å². The van der Waals surface area contributed by atoms with Crippen molar-refractivity contribution in [2.75, 3.05) is 10.6 Å². The lowest BCUT2D eigenvalue weighted by Gasteiger charge is -2.22. The van der Waals surface area contributed by atoms with Crippen LogP contribution < -0.4 is 10.6 Å². The van der Waals surface area contributed by atoms with E-state index < -0.39 is 29.5 Å². The molecule has 0 unspecified atom stereocenters. The quantitative estimate of drug-likeness (QED) is 0.885. The van der Waals surface area contributed by atoms with Gasteiger partial charge in [0.1, 0.15) is 5.82 Å². The summed E-state index contributed by atoms with van der Waals surface area (Å²) in [5.41, 5.74) is -1.28. The number of nitrogens with one attached hydrogen (secondary N) is 2. The zero-order valence-electron chi connectivity index (χ0n) is 13.1. The third kappa shape index (κ3) is 3.62. The van der Waals surface area contributed by atoms with Crippen molar-refractivity contribution in [2.45, 2.75) is 26.1 Å². The molecule has 7 nitrogen and oxygen atoms in total. The first-order valence-corrected chi connectivity index (χ1v) is 7.42. The smallest absolute Gasteiger partial charge is 0.325 e. The van der Waals surface area contributed by atoms with E-state index in [2.05, 4.69) is 20.7 Å². The van der Waals surface area contributed by atoms with E-state index in [0.717, 1.165) is 6.07 Å². The lowest BCUT2D eigenvalue weighted by molar-refractivity contribution is -0.137. The highest BCUT2D eigenvalue weighted by molar-refractivity contribution is 5.98. The van der Waals surface area contributed by atoms with Gasteiger partial charge >= 0.3 is 6.18 Å². The van der Waals surface area contributed by atoms with E-state index in [1.54, 1.807) is 6.92 Å². The lowest BCUT2D eigenvalue weighted by Crippen LogP contribution is -2.36. The second-order valence-corrected chi connectivity index (χ2v) is 5.65. The number of amides is 2. The number of halogens is 3. The molecule has 1 aromatic carbocycles. The summed E-state index contributed by atoms with van der Waals surface area (Å²) < 4.78 is 40.3. The summed E-state index contributed by atoms with van der Waals surface area (Å²) in [5.74, 6) is -1.08. The molecule has 1 atom stereocenters. The predicted molar refractivity (Wildman–Crippen MR) is 81.6 cm³/mol. The molecule has 0 fully saturated rings. The summed E-state index contributed by atoms with van der Waals surface area (Å²) >= 11 is 0. The van der Waals surface area contributed by atoms with Gasteiger partial charge in [-0.05, 0) is 19.1 Å². The van der Waals surface area contributed by atoms with Crippen molar-refractivity contribution in [2.24, 2.45) is 5.92 Å². The molecule has 3 rings (SSSR count). The van der Waals surface area contributed by atoms with Crippen LogP contribution in [0.25, 0.3) is 0 Å². The number of aromatic nitrogens is 3. The number of alkyl halides is 3. The summed E-state index contributed by atoms with van der Waals surface area (Å²) in [6.07, 6.45) is -4.85. The SMILES string of the molecule is Cc1nc2n(n1)C[C@@H](CC(=O)Nc1ccccc1C(F)(F)F)C(=O)N2. The molecule has 1 aromatic heterocycles. The average Bonchev–Trinajstić information content (AvgIpc) is 2.86. The van der Waals surface area contributed by atoms with Gasteiger partial charge in [-0.25, -0.2) is 4.68 Å². The van der Waals surface area contributed by atoms with Gasteiger partial charge in [0, 0.05) is 6.42 Å². The molecule has 0 saturated carbocycles. The van der Waals surface area contributed by atoms with Gasteiger partial charge in [0.15, 0.2) is 0 Å². The Morgan fingerprint density at radius 2 is 2.12 bits per heavy atom. The highest BCUT2D eigenvalue weighted by Crippen LogP contribution is 2.34. The van der Waals surface area contributed by atoms with Crippen LogP contribution in [0.4, 0.5) is 24.8 Å². The van der Waals surface area contributed by atoms with Crippen molar-refractivity contribution in [3.63, 3.8) is 0 Å². The van der Waals surface area contributed by atoms with Gasteiger partial charge in [0.2, 0.25) is 17.8 Å². The summed E-state index contributed by atoms with van der Waals surface area (Å²) in [4.78, 5) is 28.2. The van der Waals surface area contributed by atoms with E-state index >= 15 is 0 Å². The molecule has 10 heteroatoms. The van der Waals surface area contributed by atoms with Crippen LogP contribution in [-0.4, -0.2) is 26.6 Å². The molecule has 0 aliphatic carbocycles. The van der Waals surface area contributed by atoms with E-state index in [9.17, 15) is 22.8 Å². The molecule has 2 N–H and O–H groups in total. The van der Waals surface area contributed by atoms with Crippen LogP contribution in [0.5, 0.6) is 0 Å². The predicted octanol–water partition coefficient (Wildman–Crippen LogP) is 2.20. The second-order valence-electron chi connectivity index (χ2n) is 5.65. The monoisotopic (exact) mass is 353 g/mol. The Labute approximate surface area is 140 Å². The van der Waals surface area contributed by atoms with Crippen molar-refractivity contribution in [1.29, 1.82) is 0 Å². The Hall–Kier alpha value is -2.91. The van der Waals surface area contributed by atoms with E-state index in [1.165, 1.54) is 22.9 Å². The number of carbonyl (C=O) groups is 2. The van der Waals surface area contributed by atoms with Crippen molar-refractivity contribution >= 4 is 23.5 Å². The van der Waals surface area contributed by atoms with Crippen molar-refractivity contribution in [1.82, 2.24) is 14.8 Å². The molecule has 0 radical (unpaired) electrons. The van der Waals surface area contributed by atoms with E-state index in [-0.39, 0.29) is 18.7 Å². The summed E-state index contributed by atoms with van der Waals surface area (Å²) in [5, 5.41) is 8.84. The van der Waals surface area contributed by atoms with E-state index in [0.29, 0.717) is 11.8 Å². The molecule has 0 saturated heterocycles. The molecule has 2 aromatic rings. The first-order chi connectivity index (χ1) is 11.7. The number of anilines is 2. The van der Waals surface area contributed by atoms with Crippen LogP contribution in [0.1, 0.15) is 17.8 Å². The first kappa shape index (κ1) is 16.9. The molecular formula is C15H14F3N5O2. The van der Waals surface area contributed by atoms with Crippen LogP contribution in [0.15, 0.2) is 24.3 Å². The minimum absolute atomic E-state index is 0.135. The number of benzene rings is 1. The highest BCUT2D eigenvalue weighted by atomic mass is 19.4. The van der Waals surface area contributed by atoms with Gasteiger partial charge in [-0.2, -0.15) is 23.3 Å². The minimum atomic E-state index is -4.58. The number of carbonyl (C=O) groups excluding carboxylic acids is 2. The molecule has 25 heavy (non-hydrogen) atoms. The van der Waals surface area contributed by atoms with Crippen LogP contribution >= 0.6 is 0 Å². The number of para-hydroxylation sites is 1. The zero-order valence-corrected chi connectivity index (χ0v) is 13.1. The number of hydrogen-bond acceptors (Lipinski definition) is 4. The average molecular weight is 353 g/mol. The van der Waals surface area contributed by atoms with Gasteiger partial charge in [-0.3, -0.25) is 14.9 Å². The van der Waals surface area contributed by atoms with Gasteiger partial charge in [-0.1, -0.05) is 12.1 Å². The third-order valence-electron chi connectivity index (χ3n) is 3.72. The zero-order chi connectivity index (χ0) is 18.2. The summed E-state index contributed by atoms with van der Waals surface area (Å²) in [7, 11) is 0. The molecule has 2 heterocycles. The Bertz CT molecular complexity index is 831. The fraction of sp³-hybridized carbons (Fsp3) is 0.333. The maximum Gasteiger partial charge on any atom is 0.418 e. The van der Waals surface area contributed by atoms with E-state index in [1.807, 2.05) is 0 Å². The van der Waals surface area contributed by atoms with Crippen molar-refractivity contribution < 1.29 is 22.8 Å². The second kappa shape index (κ2) is 6.19. The molecule has 0 bridgehead atoms. The maximum atomic E-state index is 13.0. The van der Waals surface area contributed by atoms with Gasteiger partial charge in [0.05, 0.1) is 23.7 Å². The molecule has 0 spiro atoms. The molecule has 132 valence electrons. The summed E-state index contributed by atoms with van der Waals surface area (Å²) in [6.45, 7) is 1.80. The highest BCUT2D eigenvalue weighted by Gasteiger charge is 2.34.